The molecule has 0 saturated heterocycles. The molecule has 8 heteroatoms. The van der Waals surface area contributed by atoms with E-state index in [-0.39, 0.29) is 5.69 Å². The molecule has 3 N–H and O–H groups in total. The highest BCUT2D eigenvalue weighted by Gasteiger charge is 2.10. The van der Waals surface area contributed by atoms with Gasteiger partial charge in [-0.2, -0.15) is 0 Å². The van der Waals surface area contributed by atoms with E-state index in [1.807, 2.05) is 54.7 Å². The smallest absolute Gasteiger partial charge is 0.323 e. The summed E-state index contributed by atoms with van der Waals surface area (Å²) in [4.78, 5) is 25.8. The number of nitrogens with one attached hydrogen (secondary N) is 3. The van der Waals surface area contributed by atoms with Crippen molar-refractivity contribution in [2.45, 2.75) is 6.54 Å². The third-order valence-electron chi connectivity index (χ3n) is 4.60. The van der Waals surface area contributed by atoms with Crippen molar-refractivity contribution in [2.24, 2.45) is 0 Å². The van der Waals surface area contributed by atoms with Crippen molar-refractivity contribution >= 4 is 45.2 Å². The fourth-order valence-corrected chi connectivity index (χ4v) is 3.39. The number of aromatic amines is 2. The summed E-state index contributed by atoms with van der Waals surface area (Å²) >= 11 is 5.97. The Morgan fingerprint density at radius 1 is 1.00 bits per heavy atom. The van der Waals surface area contributed by atoms with E-state index in [1.165, 1.54) is 0 Å². The molecule has 0 fully saturated rings. The number of aromatic nitrogens is 5. The molecule has 7 nitrogen and oxygen atoms in total. The predicted molar refractivity (Wildman–Crippen MR) is 110 cm³/mol. The second kappa shape index (κ2) is 6.54. The van der Waals surface area contributed by atoms with Crippen LogP contribution in [0.5, 0.6) is 0 Å². The van der Waals surface area contributed by atoms with Crippen molar-refractivity contribution in [3.63, 3.8) is 0 Å². The average Bonchev–Trinajstić information content (AvgIpc) is 3.26. The molecule has 0 unspecified atom stereocenters. The Labute approximate surface area is 164 Å². The van der Waals surface area contributed by atoms with Crippen LogP contribution in [0.2, 0.25) is 5.02 Å². The van der Waals surface area contributed by atoms with Gasteiger partial charge in [0.25, 0.3) is 0 Å². The number of H-pyrrole nitrogens is 2. The number of hydrogen-bond donors (Lipinski definition) is 3. The number of halogens is 1. The maximum Gasteiger partial charge on any atom is 0.323 e. The van der Waals surface area contributed by atoms with E-state index in [9.17, 15) is 4.79 Å². The second-order valence-corrected chi connectivity index (χ2v) is 6.93. The van der Waals surface area contributed by atoms with E-state index in [1.54, 1.807) is 6.33 Å². The average molecular weight is 391 g/mol. The van der Waals surface area contributed by atoms with Crippen LogP contribution in [0.4, 0.5) is 11.5 Å². The summed E-state index contributed by atoms with van der Waals surface area (Å²) in [7, 11) is 0. The minimum Gasteiger partial charge on any atom is -0.340 e. The van der Waals surface area contributed by atoms with Gasteiger partial charge in [0.05, 0.1) is 16.4 Å². The molecule has 0 amide bonds. The minimum atomic E-state index is -0.226. The number of hydrogen-bond acceptors (Lipinski definition) is 4. The molecule has 0 aliphatic rings. The zero-order valence-corrected chi connectivity index (χ0v) is 15.4. The molecule has 5 aromatic rings. The highest BCUT2D eigenvalue weighted by Crippen LogP contribution is 2.25. The monoisotopic (exact) mass is 390 g/mol. The van der Waals surface area contributed by atoms with Crippen LogP contribution in [0, 0.1) is 0 Å². The molecule has 2 aromatic carbocycles. The van der Waals surface area contributed by atoms with Crippen LogP contribution in [-0.2, 0) is 6.54 Å². The summed E-state index contributed by atoms with van der Waals surface area (Å²) in [6.45, 7) is 0.688. The zero-order valence-electron chi connectivity index (χ0n) is 14.6. The normalized spacial score (nSPS) is 11.3. The van der Waals surface area contributed by atoms with Gasteiger partial charge in [0.15, 0.2) is 0 Å². The first-order chi connectivity index (χ1) is 13.7. The number of rotatable bonds is 4. The Hall–Kier alpha value is -3.58. The van der Waals surface area contributed by atoms with Gasteiger partial charge in [-0.15, -0.1) is 0 Å². The molecule has 0 saturated carbocycles. The van der Waals surface area contributed by atoms with Crippen LogP contribution in [0.1, 0.15) is 5.56 Å². The molecule has 28 heavy (non-hydrogen) atoms. The number of imidazole rings is 1. The number of benzene rings is 2. The fourth-order valence-electron chi connectivity index (χ4n) is 3.26. The highest BCUT2D eigenvalue weighted by atomic mass is 35.5. The molecule has 0 atom stereocenters. The standard InChI is InChI=1S/C20H15ClN6O/c21-13-3-1-12(2-4-13)10-27-8-7-15-18(22-11-23-19(15)27)24-14-5-6-16-17(9-14)26-20(28)25-16/h1-9,11H,10H2,(H,22,23,24)(H2,25,26,28). The van der Waals surface area contributed by atoms with Crippen LogP contribution < -0.4 is 11.0 Å². The zero-order chi connectivity index (χ0) is 19.1. The third-order valence-corrected chi connectivity index (χ3v) is 4.85. The van der Waals surface area contributed by atoms with Crippen molar-refractivity contribution in [3.05, 3.63) is 82.1 Å². The Morgan fingerprint density at radius 3 is 2.68 bits per heavy atom. The number of nitrogens with zero attached hydrogens (tertiary/aromatic N) is 3. The van der Waals surface area contributed by atoms with Gasteiger partial charge in [0.2, 0.25) is 0 Å². The van der Waals surface area contributed by atoms with Crippen molar-refractivity contribution in [1.82, 2.24) is 24.5 Å². The van der Waals surface area contributed by atoms with Gasteiger partial charge in [-0.1, -0.05) is 23.7 Å². The number of fused-ring (bicyclic) bond motifs is 2. The van der Waals surface area contributed by atoms with Crippen molar-refractivity contribution in [1.29, 1.82) is 0 Å². The molecular formula is C20H15ClN6O. The van der Waals surface area contributed by atoms with Crippen molar-refractivity contribution in [3.8, 4) is 0 Å². The van der Waals surface area contributed by atoms with E-state index < -0.39 is 0 Å². The largest absolute Gasteiger partial charge is 0.340 e. The molecule has 0 bridgehead atoms. The molecule has 0 aliphatic carbocycles. The van der Waals surface area contributed by atoms with Crippen molar-refractivity contribution < 1.29 is 0 Å². The van der Waals surface area contributed by atoms with Gasteiger partial charge < -0.3 is 19.9 Å². The third kappa shape index (κ3) is 3.01. The van der Waals surface area contributed by atoms with Crippen molar-refractivity contribution in [2.75, 3.05) is 5.32 Å². The van der Waals surface area contributed by atoms with Crippen LogP contribution in [0.3, 0.4) is 0 Å². The Morgan fingerprint density at radius 2 is 1.82 bits per heavy atom. The second-order valence-electron chi connectivity index (χ2n) is 6.49. The van der Waals surface area contributed by atoms with Crippen LogP contribution in [0.15, 0.2) is 65.8 Å². The quantitative estimate of drug-likeness (QED) is 0.431. The van der Waals surface area contributed by atoms with E-state index in [4.69, 9.17) is 11.6 Å². The summed E-state index contributed by atoms with van der Waals surface area (Å²) in [5, 5.41) is 4.95. The first-order valence-electron chi connectivity index (χ1n) is 8.69. The van der Waals surface area contributed by atoms with Crippen LogP contribution >= 0.6 is 11.6 Å². The highest BCUT2D eigenvalue weighted by molar-refractivity contribution is 6.30. The predicted octanol–water partition coefficient (Wildman–Crippen LogP) is 4.05. The van der Waals surface area contributed by atoms with Gasteiger partial charge in [-0.3, -0.25) is 0 Å². The Bertz CT molecular complexity index is 1350. The lowest BCUT2D eigenvalue weighted by molar-refractivity contribution is 0.824. The molecule has 138 valence electrons. The number of anilines is 2. The Balaban J connectivity index is 1.48. The maximum absolute atomic E-state index is 11.4. The first kappa shape index (κ1) is 16.6. The lowest BCUT2D eigenvalue weighted by atomic mass is 10.2. The Kier molecular flexibility index (Phi) is 3.87. The van der Waals surface area contributed by atoms with E-state index in [0.717, 1.165) is 38.3 Å². The summed E-state index contributed by atoms with van der Waals surface area (Å²) in [6.07, 6.45) is 3.53. The minimum absolute atomic E-state index is 0.226. The summed E-state index contributed by atoms with van der Waals surface area (Å²) in [5.41, 5.74) is 4.07. The topological polar surface area (TPSA) is 91.4 Å². The fraction of sp³-hybridized carbons (Fsp3) is 0.0500. The first-order valence-corrected chi connectivity index (χ1v) is 9.07. The van der Waals surface area contributed by atoms with E-state index in [0.29, 0.717) is 12.4 Å². The van der Waals surface area contributed by atoms with Crippen LogP contribution in [0.25, 0.3) is 22.1 Å². The molecule has 3 aromatic heterocycles. The lowest BCUT2D eigenvalue weighted by Crippen LogP contribution is -2.01. The van der Waals surface area contributed by atoms with Crippen LogP contribution in [-0.4, -0.2) is 24.5 Å². The molecule has 3 heterocycles. The lowest BCUT2D eigenvalue weighted by Gasteiger charge is -2.08. The van der Waals surface area contributed by atoms with Gasteiger partial charge in [-0.05, 0) is 42.0 Å². The van der Waals surface area contributed by atoms with Gasteiger partial charge >= 0.3 is 5.69 Å². The summed E-state index contributed by atoms with van der Waals surface area (Å²) in [5.74, 6) is 0.706. The van der Waals surface area contributed by atoms with E-state index in [2.05, 4.69) is 29.8 Å². The molecule has 0 radical (unpaired) electrons. The van der Waals surface area contributed by atoms with Gasteiger partial charge in [0.1, 0.15) is 17.8 Å². The molecule has 5 rings (SSSR count). The summed E-state index contributed by atoms with van der Waals surface area (Å²) in [6, 6.07) is 15.4. The SMILES string of the molecule is O=c1[nH]c2ccc(Nc3ncnc4c3ccn4Cc3ccc(Cl)cc3)cc2[nH]1. The summed E-state index contributed by atoms with van der Waals surface area (Å²) < 4.78 is 2.07. The molecule has 0 aliphatic heterocycles. The van der Waals surface area contributed by atoms with E-state index >= 15 is 0 Å². The molecule has 0 spiro atoms. The maximum atomic E-state index is 11.4. The van der Waals surface area contributed by atoms with Gasteiger partial charge in [-0.25, -0.2) is 14.8 Å². The molecular weight excluding hydrogens is 376 g/mol. The van der Waals surface area contributed by atoms with Gasteiger partial charge in [0, 0.05) is 23.5 Å².